The molecular weight excluding hydrogens is 325 g/mol. The molecule has 0 bridgehead atoms. The van der Waals surface area contributed by atoms with E-state index < -0.39 is 0 Å². The number of carbonyl (C=O) groups is 1. The van der Waals surface area contributed by atoms with Crippen molar-refractivity contribution in [2.45, 2.75) is 31.8 Å². The van der Waals surface area contributed by atoms with Crippen LogP contribution in [-0.2, 0) is 16.0 Å². The van der Waals surface area contributed by atoms with E-state index in [1.807, 2.05) is 0 Å². The van der Waals surface area contributed by atoms with Crippen LogP contribution in [0.2, 0.25) is 0 Å². The zero-order valence-electron chi connectivity index (χ0n) is 11.3. The van der Waals surface area contributed by atoms with Crippen LogP contribution in [0, 0.1) is 5.82 Å². The molecule has 5 heteroatoms. The standard InChI is InChI=1S/C15H19BrFNO2/c16-15-11(2-1-3-14(15)17)10-12(19)6-9-20-13-4-7-18-8-5-13/h1-3,13,18H,4-10H2. The lowest BCUT2D eigenvalue weighted by Crippen LogP contribution is -2.32. The van der Waals surface area contributed by atoms with Crippen LogP contribution in [0.25, 0.3) is 0 Å². The van der Waals surface area contributed by atoms with Crippen LogP contribution in [0.1, 0.15) is 24.8 Å². The van der Waals surface area contributed by atoms with Gasteiger partial charge < -0.3 is 10.1 Å². The SMILES string of the molecule is O=C(CCOC1CCNCC1)Cc1cccc(F)c1Br. The zero-order valence-corrected chi connectivity index (χ0v) is 12.9. The fraction of sp³-hybridized carbons (Fsp3) is 0.533. The van der Waals surface area contributed by atoms with Gasteiger partial charge in [-0.3, -0.25) is 4.79 Å². The Morgan fingerprint density at radius 1 is 1.40 bits per heavy atom. The van der Waals surface area contributed by atoms with Crippen LogP contribution in [0.5, 0.6) is 0 Å². The smallest absolute Gasteiger partial charge is 0.139 e. The van der Waals surface area contributed by atoms with E-state index in [4.69, 9.17) is 4.74 Å². The molecule has 0 amide bonds. The second-order valence-electron chi connectivity index (χ2n) is 5.00. The van der Waals surface area contributed by atoms with Gasteiger partial charge in [0.1, 0.15) is 11.6 Å². The van der Waals surface area contributed by atoms with Crippen LogP contribution in [0.15, 0.2) is 22.7 Å². The van der Waals surface area contributed by atoms with Crippen molar-refractivity contribution >= 4 is 21.7 Å². The minimum atomic E-state index is -0.332. The van der Waals surface area contributed by atoms with E-state index in [1.165, 1.54) is 6.07 Å². The predicted molar refractivity (Wildman–Crippen MR) is 79.3 cm³/mol. The number of ether oxygens (including phenoxy) is 1. The molecule has 0 aliphatic carbocycles. The van der Waals surface area contributed by atoms with Crippen molar-refractivity contribution in [3.63, 3.8) is 0 Å². The monoisotopic (exact) mass is 343 g/mol. The Labute approximate surface area is 127 Å². The van der Waals surface area contributed by atoms with Crippen molar-refractivity contribution in [1.29, 1.82) is 0 Å². The highest BCUT2D eigenvalue weighted by atomic mass is 79.9. The van der Waals surface area contributed by atoms with E-state index in [0.717, 1.165) is 25.9 Å². The third kappa shape index (κ3) is 4.65. The Hall–Kier alpha value is -0.780. The Kier molecular flexibility index (Phi) is 6.13. The van der Waals surface area contributed by atoms with Crippen molar-refractivity contribution in [1.82, 2.24) is 5.32 Å². The van der Waals surface area contributed by atoms with Gasteiger partial charge in [-0.2, -0.15) is 0 Å². The maximum absolute atomic E-state index is 13.3. The summed E-state index contributed by atoms with van der Waals surface area (Å²) in [5.41, 5.74) is 0.692. The molecule has 0 saturated carbocycles. The Morgan fingerprint density at radius 2 is 2.15 bits per heavy atom. The normalized spacial score (nSPS) is 16.3. The van der Waals surface area contributed by atoms with E-state index >= 15 is 0 Å². The van der Waals surface area contributed by atoms with Gasteiger partial charge in [0.25, 0.3) is 0 Å². The van der Waals surface area contributed by atoms with Gasteiger partial charge in [-0.15, -0.1) is 0 Å². The Balaban J connectivity index is 1.73. The summed E-state index contributed by atoms with van der Waals surface area (Å²) in [4.78, 5) is 11.9. The van der Waals surface area contributed by atoms with E-state index in [1.54, 1.807) is 12.1 Å². The maximum Gasteiger partial charge on any atom is 0.139 e. The number of halogens is 2. The van der Waals surface area contributed by atoms with E-state index in [0.29, 0.717) is 23.1 Å². The summed E-state index contributed by atoms with van der Waals surface area (Å²) >= 11 is 3.17. The molecule has 1 aliphatic rings. The van der Waals surface area contributed by atoms with Crippen LogP contribution in [0.3, 0.4) is 0 Å². The average Bonchev–Trinajstić information content (AvgIpc) is 2.45. The molecule has 1 N–H and O–H groups in total. The summed E-state index contributed by atoms with van der Waals surface area (Å²) in [7, 11) is 0. The number of hydrogen-bond acceptors (Lipinski definition) is 3. The molecule has 0 unspecified atom stereocenters. The van der Waals surface area contributed by atoms with Gasteiger partial charge in [-0.1, -0.05) is 12.1 Å². The van der Waals surface area contributed by atoms with Gasteiger partial charge >= 0.3 is 0 Å². The lowest BCUT2D eigenvalue weighted by atomic mass is 10.1. The molecule has 2 rings (SSSR count). The minimum absolute atomic E-state index is 0.0743. The molecule has 1 heterocycles. The number of ketones is 1. The lowest BCUT2D eigenvalue weighted by Gasteiger charge is -2.22. The van der Waals surface area contributed by atoms with Crippen LogP contribution >= 0.6 is 15.9 Å². The molecule has 0 atom stereocenters. The second-order valence-corrected chi connectivity index (χ2v) is 5.79. The minimum Gasteiger partial charge on any atom is -0.378 e. The van der Waals surface area contributed by atoms with Crippen molar-refractivity contribution in [3.8, 4) is 0 Å². The van der Waals surface area contributed by atoms with Gasteiger partial charge in [0, 0.05) is 12.8 Å². The number of carbonyl (C=O) groups excluding carboxylic acids is 1. The number of rotatable bonds is 6. The summed E-state index contributed by atoms with van der Waals surface area (Å²) in [6.07, 6.45) is 2.90. The Bertz CT molecular complexity index is 461. The molecule has 3 nitrogen and oxygen atoms in total. The van der Waals surface area contributed by atoms with Gasteiger partial charge in [0.15, 0.2) is 0 Å². The maximum atomic E-state index is 13.3. The van der Waals surface area contributed by atoms with Gasteiger partial charge in [-0.25, -0.2) is 4.39 Å². The summed E-state index contributed by atoms with van der Waals surface area (Å²) < 4.78 is 19.4. The highest BCUT2D eigenvalue weighted by Gasteiger charge is 2.14. The van der Waals surface area contributed by atoms with Crippen LogP contribution in [0.4, 0.5) is 4.39 Å². The van der Waals surface area contributed by atoms with Gasteiger partial charge in [-0.05, 0) is 53.5 Å². The van der Waals surface area contributed by atoms with Crippen LogP contribution in [-0.4, -0.2) is 31.6 Å². The molecule has 0 aromatic heterocycles. The number of benzene rings is 1. The van der Waals surface area contributed by atoms with Gasteiger partial charge in [0.2, 0.25) is 0 Å². The first-order valence-electron chi connectivity index (χ1n) is 6.93. The fourth-order valence-electron chi connectivity index (χ4n) is 2.29. The number of Topliss-reactive ketones (excluding diaryl/α,β-unsaturated/α-hetero) is 1. The van der Waals surface area contributed by atoms with Crippen molar-refractivity contribution < 1.29 is 13.9 Å². The average molecular weight is 344 g/mol. The number of nitrogens with one attached hydrogen (secondary N) is 1. The topological polar surface area (TPSA) is 38.3 Å². The largest absolute Gasteiger partial charge is 0.378 e. The van der Waals surface area contributed by atoms with E-state index in [9.17, 15) is 9.18 Å². The summed E-state index contributed by atoms with van der Waals surface area (Å²) in [5.74, 6) is -0.258. The number of hydrogen-bond donors (Lipinski definition) is 1. The summed E-state index contributed by atoms with van der Waals surface area (Å²) in [6.45, 7) is 2.42. The summed E-state index contributed by atoms with van der Waals surface area (Å²) in [6, 6.07) is 4.76. The molecule has 1 saturated heterocycles. The lowest BCUT2D eigenvalue weighted by molar-refractivity contribution is -0.120. The quantitative estimate of drug-likeness (QED) is 0.863. The van der Waals surface area contributed by atoms with Crippen molar-refractivity contribution in [2.24, 2.45) is 0 Å². The van der Waals surface area contributed by atoms with Gasteiger partial charge in [0.05, 0.1) is 17.2 Å². The third-order valence-corrected chi connectivity index (χ3v) is 4.33. The molecule has 110 valence electrons. The molecule has 0 spiro atoms. The second kappa shape index (κ2) is 7.86. The number of piperidine rings is 1. The van der Waals surface area contributed by atoms with Crippen molar-refractivity contribution in [2.75, 3.05) is 19.7 Å². The Morgan fingerprint density at radius 3 is 2.90 bits per heavy atom. The fourth-order valence-corrected chi connectivity index (χ4v) is 2.69. The molecule has 1 aromatic carbocycles. The molecule has 0 radical (unpaired) electrons. The predicted octanol–water partition coefficient (Wildman–Crippen LogP) is 2.86. The highest BCUT2D eigenvalue weighted by molar-refractivity contribution is 9.10. The first-order valence-corrected chi connectivity index (χ1v) is 7.73. The first kappa shape index (κ1) is 15.6. The first-order chi connectivity index (χ1) is 9.66. The molecular formula is C15H19BrFNO2. The van der Waals surface area contributed by atoms with E-state index in [2.05, 4.69) is 21.2 Å². The third-order valence-electron chi connectivity index (χ3n) is 3.44. The zero-order chi connectivity index (χ0) is 14.4. The summed E-state index contributed by atoms with van der Waals surface area (Å²) in [5, 5.41) is 3.27. The van der Waals surface area contributed by atoms with E-state index in [-0.39, 0.29) is 24.1 Å². The van der Waals surface area contributed by atoms with Crippen molar-refractivity contribution in [3.05, 3.63) is 34.1 Å². The van der Waals surface area contributed by atoms with Crippen LogP contribution < -0.4 is 5.32 Å². The molecule has 20 heavy (non-hydrogen) atoms. The molecule has 1 aliphatic heterocycles. The molecule has 1 fully saturated rings. The highest BCUT2D eigenvalue weighted by Crippen LogP contribution is 2.21. The molecule has 1 aromatic rings.